The molecule has 1 aliphatic heterocycles. The molecule has 0 aliphatic carbocycles. The molecule has 0 bridgehead atoms. The maximum absolute atomic E-state index is 12.2. The van der Waals surface area contributed by atoms with Crippen LogP contribution in [0.15, 0.2) is 28.7 Å². The molecular weight excluding hydrogens is 314 g/mol. The van der Waals surface area contributed by atoms with Crippen LogP contribution >= 0.6 is 0 Å². The molecular formula is C17H15NO6. The van der Waals surface area contributed by atoms with Gasteiger partial charge in [0.15, 0.2) is 19.0 Å². The van der Waals surface area contributed by atoms with E-state index in [-0.39, 0.29) is 18.3 Å². The Morgan fingerprint density at radius 3 is 2.75 bits per heavy atom. The SMILES string of the molecule is Cc1cc(C(=O)OCC(=O)c2ccc3c(c2)NC(=O)CO3)c(C)o1. The molecule has 3 rings (SSSR count). The summed E-state index contributed by atoms with van der Waals surface area (Å²) >= 11 is 0. The average molecular weight is 329 g/mol. The third-order valence-corrected chi connectivity index (χ3v) is 3.53. The van der Waals surface area contributed by atoms with Gasteiger partial charge < -0.3 is 19.2 Å². The lowest BCUT2D eigenvalue weighted by Gasteiger charge is -2.18. The van der Waals surface area contributed by atoms with E-state index in [4.69, 9.17) is 13.9 Å². The van der Waals surface area contributed by atoms with Gasteiger partial charge in [0.05, 0.1) is 5.69 Å². The average Bonchev–Trinajstić information content (AvgIpc) is 2.90. The van der Waals surface area contributed by atoms with Crippen LogP contribution in [0, 0.1) is 13.8 Å². The first-order valence-corrected chi connectivity index (χ1v) is 7.28. The van der Waals surface area contributed by atoms with Crippen LogP contribution in [0.25, 0.3) is 0 Å². The van der Waals surface area contributed by atoms with Crippen LogP contribution in [0.1, 0.15) is 32.2 Å². The minimum atomic E-state index is -0.618. The maximum Gasteiger partial charge on any atom is 0.342 e. The standard InChI is InChI=1S/C17H15NO6/c1-9-5-12(10(2)24-9)17(21)23-7-14(19)11-3-4-15-13(6-11)18-16(20)8-22-15/h3-6H,7-8H2,1-2H3,(H,18,20). The molecule has 7 heteroatoms. The fraction of sp³-hybridized carbons (Fsp3) is 0.235. The van der Waals surface area contributed by atoms with Crippen molar-refractivity contribution in [2.45, 2.75) is 13.8 Å². The number of carbonyl (C=O) groups excluding carboxylic acids is 3. The number of esters is 1. The largest absolute Gasteiger partial charge is 0.482 e. The zero-order chi connectivity index (χ0) is 17.3. The van der Waals surface area contributed by atoms with Crippen molar-refractivity contribution in [3.63, 3.8) is 0 Å². The van der Waals surface area contributed by atoms with Gasteiger partial charge in [-0.1, -0.05) is 0 Å². The van der Waals surface area contributed by atoms with E-state index >= 15 is 0 Å². The Balaban J connectivity index is 1.67. The fourth-order valence-corrected chi connectivity index (χ4v) is 2.38. The van der Waals surface area contributed by atoms with Crippen LogP contribution in [-0.4, -0.2) is 30.9 Å². The Bertz CT molecular complexity index is 836. The summed E-state index contributed by atoms with van der Waals surface area (Å²) in [6, 6.07) is 6.21. The number of nitrogens with one attached hydrogen (secondary N) is 1. The number of anilines is 1. The topological polar surface area (TPSA) is 94.8 Å². The highest BCUT2D eigenvalue weighted by atomic mass is 16.5. The molecule has 1 amide bonds. The van der Waals surface area contributed by atoms with Gasteiger partial charge in [-0.2, -0.15) is 0 Å². The van der Waals surface area contributed by atoms with E-state index in [9.17, 15) is 14.4 Å². The summed E-state index contributed by atoms with van der Waals surface area (Å²) < 4.78 is 15.5. The predicted molar refractivity (Wildman–Crippen MR) is 83.4 cm³/mol. The number of carbonyl (C=O) groups is 3. The van der Waals surface area contributed by atoms with Gasteiger partial charge in [0, 0.05) is 5.56 Å². The lowest BCUT2D eigenvalue weighted by Crippen LogP contribution is -2.25. The number of hydrogen-bond donors (Lipinski definition) is 1. The molecule has 1 aromatic heterocycles. The first-order chi connectivity index (χ1) is 11.4. The Kier molecular flexibility index (Phi) is 4.07. The molecule has 0 spiro atoms. The van der Waals surface area contributed by atoms with Gasteiger partial charge in [-0.3, -0.25) is 9.59 Å². The van der Waals surface area contributed by atoms with Gasteiger partial charge in [-0.25, -0.2) is 4.79 Å². The van der Waals surface area contributed by atoms with Gasteiger partial charge in [-0.15, -0.1) is 0 Å². The van der Waals surface area contributed by atoms with Crippen molar-refractivity contribution < 1.29 is 28.3 Å². The van der Waals surface area contributed by atoms with E-state index in [2.05, 4.69) is 5.32 Å². The highest BCUT2D eigenvalue weighted by Crippen LogP contribution is 2.28. The van der Waals surface area contributed by atoms with E-state index in [1.165, 1.54) is 6.07 Å². The van der Waals surface area contributed by atoms with Crippen LogP contribution in [-0.2, 0) is 9.53 Å². The smallest absolute Gasteiger partial charge is 0.342 e. The molecule has 0 saturated carbocycles. The number of rotatable bonds is 4. The normalized spacial score (nSPS) is 12.8. The van der Waals surface area contributed by atoms with Gasteiger partial charge in [0.2, 0.25) is 0 Å². The summed E-state index contributed by atoms with van der Waals surface area (Å²) in [5.74, 6) is 0.239. The van der Waals surface area contributed by atoms with E-state index in [1.807, 2.05) is 0 Å². The van der Waals surface area contributed by atoms with Crippen molar-refractivity contribution in [2.75, 3.05) is 18.5 Å². The van der Waals surface area contributed by atoms with E-state index < -0.39 is 12.6 Å². The third-order valence-electron chi connectivity index (χ3n) is 3.53. The third kappa shape index (κ3) is 3.15. The number of fused-ring (bicyclic) bond motifs is 1. The van der Waals surface area contributed by atoms with Gasteiger partial charge in [0.25, 0.3) is 5.91 Å². The molecule has 24 heavy (non-hydrogen) atoms. The van der Waals surface area contributed by atoms with Crippen molar-refractivity contribution in [1.82, 2.24) is 0 Å². The maximum atomic E-state index is 12.2. The molecule has 7 nitrogen and oxygen atoms in total. The number of furan rings is 1. The number of amides is 1. The Hall–Kier alpha value is -3.09. The first-order valence-electron chi connectivity index (χ1n) is 7.28. The Morgan fingerprint density at radius 2 is 2.04 bits per heavy atom. The second-order valence-electron chi connectivity index (χ2n) is 5.37. The fourth-order valence-electron chi connectivity index (χ4n) is 2.38. The number of aryl methyl sites for hydroxylation is 2. The summed E-state index contributed by atoms with van der Waals surface area (Å²) in [7, 11) is 0. The molecule has 1 aliphatic rings. The molecule has 0 unspecified atom stereocenters. The number of ether oxygens (including phenoxy) is 2. The lowest BCUT2D eigenvalue weighted by molar-refractivity contribution is -0.118. The molecule has 1 aromatic carbocycles. The van der Waals surface area contributed by atoms with Crippen LogP contribution < -0.4 is 10.1 Å². The molecule has 0 fully saturated rings. The van der Waals surface area contributed by atoms with Crippen LogP contribution in [0.2, 0.25) is 0 Å². The van der Waals surface area contributed by atoms with E-state index in [1.54, 1.807) is 32.0 Å². The van der Waals surface area contributed by atoms with Crippen LogP contribution in [0.4, 0.5) is 5.69 Å². The number of ketones is 1. The quantitative estimate of drug-likeness (QED) is 0.683. The monoisotopic (exact) mass is 329 g/mol. The summed E-state index contributed by atoms with van der Waals surface area (Å²) in [5.41, 5.74) is 1.03. The summed E-state index contributed by atoms with van der Waals surface area (Å²) in [6.45, 7) is 2.91. The van der Waals surface area contributed by atoms with Crippen molar-refractivity contribution in [3.05, 3.63) is 46.9 Å². The summed E-state index contributed by atoms with van der Waals surface area (Å²) in [4.78, 5) is 35.5. The van der Waals surface area contributed by atoms with Gasteiger partial charge in [-0.05, 0) is 38.1 Å². The van der Waals surface area contributed by atoms with Crippen LogP contribution in [0.5, 0.6) is 5.75 Å². The molecule has 0 saturated heterocycles. The molecule has 1 N–H and O–H groups in total. The minimum Gasteiger partial charge on any atom is -0.482 e. The van der Waals surface area contributed by atoms with E-state index in [0.717, 1.165) is 0 Å². The molecule has 0 radical (unpaired) electrons. The molecule has 0 atom stereocenters. The minimum absolute atomic E-state index is 0.0542. The second-order valence-corrected chi connectivity index (χ2v) is 5.37. The predicted octanol–water partition coefficient (Wildman–Crippen LogP) is 2.27. The van der Waals surface area contributed by atoms with Crippen molar-refractivity contribution >= 4 is 23.3 Å². The molecule has 124 valence electrons. The Labute approximate surface area is 137 Å². The number of Topliss-reactive ketones (excluding diaryl/α,β-unsaturated/α-hetero) is 1. The number of benzene rings is 1. The van der Waals surface area contributed by atoms with Gasteiger partial charge >= 0.3 is 5.97 Å². The highest BCUT2D eigenvalue weighted by Gasteiger charge is 2.20. The zero-order valence-corrected chi connectivity index (χ0v) is 13.2. The number of hydrogen-bond acceptors (Lipinski definition) is 6. The van der Waals surface area contributed by atoms with Crippen molar-refractivity contribution in [2.24, 2.45) is 0 Å². The second kappa shape index (κ2) is 6.19. The van der Waals surface area contributed by atoms with Gasteiger partial charge in [0.1, 0.15) is 22.8 Å². The highest BCUT2D eigenvalue weighted by molar-refractivity contribution is 6.02. The van der Waals surface area contributed by atoms with Crippen molar-refractivity contribution in [3.8, 4) is 5.75 Å². The Morgan fingerprint density at radius 1 is 1.25 bits per heavy atom. The lowest BCUT2D eigenvalue weighted by atomic mass is 10.1. The molecule has 2 heterocycles. The summed E-state index contributed by atoms with van der Waals surface area (Å²) in [6.07, 6.45) is 0. The zero-order valence-electron chi connectivity index (χ0n) is 13.2. The summed E-state index contributed by atoms with van der Waals surface area (Å²) in [5, 5.41) is 2.62. The first kappa shape index (κ1) is 15.8. The van der Waals surface area contributed by atoms with Crippen molar-refractivity contribution in [1.29, 1.82) is 0 Å². The van der Waals surface area contributed by atoms with E-state index in [0.29, 0.717) is 34.1 Å². The molecule has 2 aromatic rings. The van der Waals surface area contributed by atoms with Crippen LogP contribution in [0.3, 0.4) is 0 Å².